The van der Waals surface area contributed by atoms with Crippen LogP contribution in [-0.2, 0) is 6.42 Å². The molecule has 0 spiro atoms. The maximum Gasteiger partial charge on any atom is 0.268 e. The molecule has 20 heavy (non-hydrogen) atoms. The van der Waals surface area contributed by atoms with Crippen LogP contribution < -0.4 is 10.9 Å². The molecule has 2 aromatic rings. The maximum atomic E-state index is 12.0. The first-order chi connectivity index (χ1) is 9.69. The molecule has 1 aromatic carbocycles. The standard InChI is InChI=1S/C15H16N2O3/c18-10-12(9-11-5-2-1-3-6-11)16-15(20)13-7-4-8-14(19)17-13/h1-8,12,18H,9-10H2,(H,16,20)(H,17,19). The summed E-state index contributed by atoms with van der Waals surface area (Å²) in [7, 11) is 0. The maximum absolute atomic E-state index is 12.0. The monoisotopic (exact) mass is 272 g/mol. The first-order valence-electron chi connectivity index (χ1n) is 6.34. The molecule has 3 N–H and O–H groups in total. The highest BCUT2D eigenvalue weighted by atomic mass is 16.3. The number of benzene rings is 1. The van der Waals surface area contributed by atoms with Crippen molar-refractivity contribution >= 4 is 5.91 Å². The van der Waals surface area contributed by atoms with Gasteiger partial charge >= 0.3 is 0 Å². The summed E-state index contributed by atoms with van der Waals surface area (Å²) >= 11 is 0. The number of rotatable bonds is 5. The molecule has 1 atom stereocenters. The van der Waals surface area contributed by atoms with Crippen LogP contribution in [0.5, 0.6) is 0 Å². The van der Waals surface area contributed by atoms with Gasteiger partial charge in [0, 0.05) is 6.07 Å². The zero-order chi connectivity index (χ0) is 14.4. The van der Waals surface area contributed by atoms with Crippen molar-refractivity contribution in [1.29, 1.82) is 0 Å². The van der Waals surface area contributed by atoms with Crippen LogP contribution in [0.15, 0.2) is 53.3 Å². The van der Waals surface area contributed by atoms with E-state index in [0.717, 1.165) is 5.56 Å². The SMILES string of the molecule is O=C(NC(CO)Cc1ccccc1)c1cccc(=O)[nH]1. The number of amides is 1. The zero-order valence-corrected chi connectivity index (χ0v) is 10.9. The van der Waals surface area contributed by atoms with Crippen LogP contribution in [0.3, 0.4) is 0 Å². The van der Waals surface area contributed by atoms with Crippen molar-refractivity contribution < 1.29 is 9.90 Å². The number of nitrogens with one attached hydrogen (secondary N) is 2. The Balaban J connectivity index is 2.03. The normalized spacial score (nSPS) is 11.8. The summed E-state index contributed by atoms with van der Waals surface area (Å²) in [6, 6.07) is 13.6. The highest BCUT2D eigenvalue weighted by Crippen LogP contribution is 2.03. The Kier molecular flexibility index (Phi) is 4.68. The molecule has 0 radical (unpaired) electrons. The van der Waals surface area contributed by atoms with E-state index < -0.39 is 11.9 Å². The van der Waals surface area contributed by atoms with Gasteiger partial charge in [0.25, 0.3) is 5.91 Å². The van der Waals surface area contributed by atoms with Gasteiger partial charge in [-0.3, -0.25) is 9.59 Å². The van der Waals surface area contributed by atoms with E-state index in [1.54, 1.807) is 0 Å². The second-order valence-electron chi connectivity index (χ2n) is 4.47. The smallest absolute Gasteiger partial charge is 0.268 e. The van der Waals surface area contributed by atoms with Crippen LogP contribution in [0.25, 0.3) is 0 Å². The number of hydrogen-bond donors (Lipinski definition) is 3. The highest BCUT2D eigenvalue weighted by molar-refractivity contribution is 5.92. The number of aromatic amines is 1. The van der Waals surface area contributed by atoms with Gasteiger partial charge in [-0.2, -0.15) is 0 Å². The van der Waals surface area contributed by atoms with Crippen molar-refractivity contribution in [2.45, 2.75) is 12.5 Å². The topological polar surface area (TPSA) is 82.2 Å². The van der Waals surface area contributed by atoms with Gasteiger partial charge in [-0.15, -0.1) is 0 Å². The number of carbonyl (C=O) groups is 1. The Morgan fingerprint density at radius 2 is 1.90 bits per heavy atom. The molecule has 0 fully saturated rings. The Morgan fingerprint density at radius 1 is 1.15 bits per heavy atom. The minimum Gasteiger partial charge on any atom is -0.394 e. The average Bonchev–Trinajstić information content (AvgIpc) is 2.47. The molecule has 0 saturated heterocycles. The fourth-order valence-corrected chi connectivity index (χ4v) is 1.90. The van der Waals surface area contributed by atoms with Gasteiger partial charge in [-0.1, -0.05) is 36.4 Å². The van der Waals surface area contributed by atoms with E-state index in [1.165, 1.54) is 18.2 Å². The minimum atomic E-state index is -0.405. The highest BCUT2D eigenvalue weighted by Gasteiger charge is 2.14. The van der Waals surface area contributed by atoms with Gasteiger partial charge in [0.2, 0.25) is 5.56 Å². The lowest BCUT2D eigenvalue weighted by Crippen LogP contribution is -2.39. The summed E-state index contributed by atoms with van der Waals surface area (Å²) in [5.41, 5.74) is 0.874. The summed E-state index contributed by atoms with van der Waals surface area (Å²) in [6.45, 7) is -0.169. The largest absolute Gasteiger partial charge is 0.394 e. The second-order valence-corrected chi connectivity index (χ2v) is 4.47. The Labute approximate surface area is 116 Å². The van der Waals surface area contributed by atoms with Crippen molar-refractivity contribution in [3.8, 4) is 0 Å². The van der Waals surface area contributed by atoms with E-state index in [4.69, 9.17) is 0 Å². The van der Waals surface area contributed by atoms with Gasteiger partial charge < -0.3 is 15.4 Å². The predicted octanol–water partition coefficient (Wildman–Crippen LogP) is 0.708. The quantitative estimate of drug-likeness (QED) is 0.749. The van der Waals surface area contributed by atoms with Crippen molar-refractivity contribution in [2.24, 2.45) is 0 Å². The lowest BCUT2D eigenvalue weighted by molar-refractivity contribution is 0.0911. The zero-order valence-electron chi connectivity index (χ0n) is 10.9. The third kappa shape index (κ3) is 3.80. The summed E-state index contributed by atoms with van der Waals surface area (Å²) in [5.74, 6) is -0.405. The molecule has 0 aliphatic rings. The second kappa shape index (κ2) is 6.68. The molecule has 5 nitrogen and oxygen atoms in total. The summed E-state index contributed by atoms with van der Waals surface area (Å²) in [4.78, 5) is 25.6. The van der Waals surface area contributed by atoms with Gasteiger partial charge in [0.1, 0.15) is 5.69 Å². The van der Waals surface area contributed by atoms with E-state index in [-0.39, 0.29) is 17.9 Å². The summed E-state index contributed by atoms with van der Waals surface area (Å²) in [5, 5.41) is 12.1. The van der Waals surface area contributed by atoms with Gasteiger partial charge in [0.05, 0.1) is 12.6 Å². The molecule has 104 valence electrons. The molecular weight excluding hydrogens is 256 g/mol. The van der Waals surface area contributed by atoms with Crippen molar-refractivity contribution in [1.82, 2.24) is 10.3 Å². The molecular formula is C15H16N2O3. The number of aliphatic hydroxyl groups excluding tert-OH is 1. The van der Waals surface area contributed by atoms with Gasteiger partial charge in [-0.05, 0) is 18.1 Å². The molecule has 1 aromatic heterocycles. The lowest BCUT2D eigenvalue weighted by Gasteiger charge is -2.16. The Bertz CT molecular complexity index is 622. The number of carbonyl (C=O) groups excluding carboxylic acids is 1. The molecule has 0 aliphatic heterocycles. The molecule has 0 bridgehead atoms. The molecule has 1 unspecified atom stereocenters. The fraction of sp³-hybridized carbons (Fsp3) is 0.200. The summed E-state index contributed by atoms with van der Waals surface area (Å²) in [6.07, 6.45) is 0.528. The van der Waals surface area contributed by atoms with Crippen molar-refractivity contribution in [3.63, 3.8) is 0 Å². The van der Waals surface area contributed by atoms with Crippen molar-refractivity contribution in [2.75, 3.05) is 6.61 Å². The third-order valence-corrected chi connectivity index (χ3v) is 2.89. The molecule has 1 amide bonds. The lowest BCUT2D eigenvalue weighted by atomic mass is 10.1. The Hall–Kier alpha value is -2.40. The van der Waals surface area contributed by atoms with E-state index in [0.29, 0.717) is 6.42 Å². The van der Waals surface area contributed by atoms with Crippen molar-refractivity contribution in [3.05, 3.63) is 70.1 Å². The van der Waals surface area contributed by atoms with Crippen LogP contribution >= 0.6 is 0 Å². The van der Waals surface area contributed by atoms with E-state index in [9.17, 15) is 14.7 Å². The number of hydrogen-bond acceptors (Lipinski definition) is 3. The third-order valence-electron chi connectivity index (χ3n) is 2.89. The number of pyridine rings is 1. The predicted molar refractivity (Wildman–Crippen MR) is 75.5 cm³/mol. The van der Waals surface area contributed by atoms with Gasteiger partial charge in [-0.25, -0.2) is 0 Å². The van der Waals surface area contributed by atoms with Gasteiger partial charge in [0.15, 0.2) is 0 Å². The first kappa shape index (κ1) is 14.0. The molecule has 2 rings (SSSR count). The first-order valence-corrected chi connectivity index (χ1v) is 6.34. The summed E-state index contributed by atoms with van der Waals surface area (Å²) < 4.78 is 0. The fourth-order valence-electron chi connectivity index (χ4n) is 1.90. The van der Waals surface area contributed by atoms with Crippen LogP contribution in [0.4, 0.5) is 0 Å². The van der Waals surface area contributed by atoms with Crippen LogP contribution in [0.1, 0.15) is 16.1 Å². The van der Waals surface area contributed by atoms with E-state index in [1.807, 2.05) is 30.3 Å². The van der Waals surface area contributed by atoms with E-state index in [2.05, 4.69) is 10.3 Å². The minimum absolute atomic E-state index is 0.169. The number of aromatic nitrogens is 1. The van der Waals surface area contributed by atoms with Crippen LogP contribution in [0.2, 0.25) is 0 Å². The molecule has 0 saturated carbocycles. The van der Waals surface area contributed by atoms with Crippen LogP contribution in [0, 0.1) is 0 Å². The van der Waals surface area contributed by atoms with E-state index >= 15 is 0 Å². The Morgan fingerprint density at radius 3 is 2.55 bits per heavy atom. The number of H-pyrrole nitrogens is 1. The molecule has 5 heteroatoms. The number of aliphatic hydroxyl groups is 1. The molecule has 0 aliphatic carbocycles. The van der Waals surface area contributed by atoms with Crippen LogP contribution in [-0.4, -0.2) is 28.6 Å². The molecule has 1 heterocycles. The average molecular weight is 272 g/mol.